The van der Waals surface area contributed by atoms with Crippen LogP contribution in [-0.4, -0.2) is 6.04 Å². The van der Waals surface area contributed by atoms with Gasteiger partial charge in [0.25, 0.3) is 0 Å². The Bertz CT molecular complexity index is 450. The van der Waals surface area contributed by atoms with Gasteiger partial charge in [-0.1, -0.05) is 32.3 Å². The number of hydrogen-bond donors (Lipinski definition) is 1. The van der Waals surface area contributed by atoms with Crippen molar-refractivity contribution < 1.29 is 4.39 Å². The first-order valence-electron chi connectivity index (χ1n) is 6.71. The average molecular weight is 246 g/mol. The quantitative estimate of drug-likeness (QED) is 0.872. The van der Waals surface area contributed by atoms with Crippen LogP contribution in [0.3, 0.4) is 0 Å². The highest BCUT2D eigenvalue weighted by Gasteiger charge is 2.24. The lowest BCUT2D eigenvalue weighted by Crippen LogP contribution is -2.32. The summed E-state index contributed by atoms with van der Waals surface area (Å²) < 4.78 is 13.5. The number of rotatable bonds is 3. The molecule has 0 aliphatic heterocycles. The zero-order valence-electron chi connectivity index (χ0n) is 10.7. The van der Waals surface area contributed by atoms with E-state index in [1.807, 2.05) is 6.07 Å². The van der Waals surface area contributed by atoms with Crippen LogP contribution in [0.1, 0.15) is 44.6 Å². The van der Waals surface area contributed by atoms with E-state index >= 15 is 0 Å². The van der Waals surface area contributed by atoms with Crippen LogP contribution in [0, 0.1) is 23.1 Å². The summed E-state index contributed by atoms with van der Waals surface area (Å²) in [5.74, 6) is 0.194. The molecular weight excluding hydrogens is 227 g/mol. The summed E-state index contributed by atoms with van der Waals surface area (Å²) in [7, 11) is 0. The topological polar surface area (TPSA) is 35.8 Å². The van der Waals surface area contributed by atoms with Crippen molar-refractivity contribution in [2.75, 3.05) is 5.32 Å². The molecule has 0 saturated heterocycles. The Kier molecular flexibility index (Phi) is 4.19. The summed E-state index contributed by atoms with van der Waals surface area (Å²) in [4.78, 5) is 0. The molecular formula is C15H19FN2. The molecule has 1 fully saturated rings. The zero-order valence-corrected chi connectivity index (χ0v) is 10.7. The normalized spacial score (nSPS) is 23.4. The van der Waals surface area contributed by atoms with Crippen LogP contribution in [0.4, 0.5) is 10.1 Å². The first-order chi connectivity index (χ1) is 8.76. The summed E-state index contributed by atoms with van der Waals surface area (Å²) in [5, 5.41) is 12.4. The summed E-state index contributed by atoms with van der Waals surface area (Å²) in [6.45, 7) is 2.20. The van der Waals surface area contributed by atoms with Crippen LogP contribution < -0.4 is 5.32 Å². The van der Waals surface area contributed by atoms with Gasteiger partial charge in [-0.25, -0.2) is 4.39 Å². The predicted molar refractivity (Wildman–Crippen MR) is 70.8 cm³/mol. The van der Waals surface area contributed by atoms with E-state index in [0.29, 0.717) is 17.6 Å². The van der Waals surface area contributed by atoms with Crippen LogP contribution in [0.25, 0.3) is 0 Å². The fourth-order valence-corrected chi connectivity index (χ4v) is 2.84. The largest absolute Gasteiger partial charge is 0.381 e. The molecule has 1 saturated carbocycles. The fourth-order valence-electron chi connectivity index (χ4n) is 2.84. The Labute approximate surface area is 108 Å². The molecule has 2 unspecified atom stereocenters. The van der Waals surface area contributed by atoms with Gasteiger partial charge in [-0.3, -0.25) is 0 Å². The summed E-state index contributed by atoms with van der Waals surface area (Å²) in [6, 6.07) is 7.11. The first kappa shape index (κ1) is 12.9. The third kappa shape index (κ3) is 2.64. The maximum Gasteiger partial charge on any atom is 0.143 e. The lowest BCUT2D eigenvalue weighted by atomic mass is 9.82. The van der Waals surface area contributed by atoms with Gasteiger partial charge < -0.3 is 5.32 Å². The van der Waals surface area contributed by atoms with Crippen molar-refractivity contribution in [2.45, 2.75) is 45.1 Å². The second-order valence-electron chi connectivity index (χ2n) is 4.98. The van der Waals surface area contributed by atoms with Gasteiger partial charge in [-0.2, -0.15) is 5.26 Å². The predicted octanol–water partition coefficient (Wildman–Crippen LogP) is 4.08. The summed E-state index contributed by atoms with van der Waals surface area (Å²) >= 11 is 0. The van der Waals surface area contributed by atoms with E-state index in [1.165, 1.54) is 25.3 Å². The molecule has 96 valence electrons. The van der Waals surface area contributed by atoms with Gasteiger partial charge in [0.2, 0.25) is 0 Å². The Morgan fingerprint density at radius 2 is 2.17 bits per heavy atom. The van der Waals surface area contributed by atoms with Gasteiger partial charge in [-0.05, 0) is 30.9 Å². The Balaban J connectivity index is 2.18. The summed E-state index contributed by atoms with van der Waals surface area (Å²) in [5.41, 5.74) is 0.778. The molecule has 2 atom stereocenters. The van der Waals surface area contributed by atoms with Crippen LogP contribution in [0.15, 0.2) is 18.2 Å². The van der Waals surface area contributed by atoms with Crippen molar-refractivity contribution >= 4 is 5.69 Å². The highest BCUT2D eigenvalue weighted by atomic mass is 19.1. The van der Waals surface area contributed by atoms with E-state index in [1.54, 1.807) is 12.1 Å². The lowest BCUT2D eigenvalue weighted by Gasteiger charge is -2.32. The minimum absolute atomic E-state index is 0.137. The smallest absolute Gasteiger partial charge is 0.143 e. The van der Waals surface area contributed by atoms with Gasteiger partial charge in [-0.15, -0.1) is 0 Å². The number of benzene rings is 1. The van der Waals surface area contributed by atoms with E-state index in [4.69, 9.17) is 5.26 Å². The maximum absolute atomic E-state index is 13.5. The third-order valence-electron chi connectivity index (χ3n) is 3.90. The van der Waals surface area contributed by atoms with Crippen LogP contribution in [0.5, 0.6) is 0 Å². The highest BCUT2D eigenvalue weighted by Crippen LogP contribution is 2.30. The van der Waals surface area contributed by atoms with Crippen molar-refractivity contribution in [1.29, 1.82) is 5.26 Å². The van der Waals surface area contributed by atoms with E-state index in [0.717, 1.165) is 12.8 Å². The number of nitriles is 1. The van der Waals surface area contributed by atoms with E-state index in [2.05, 4.69) is 12.2 Å². The van der Waals surface area contributed by atoms with Crippen LogP contribution >= 0.6 is 0 Å². The molecule has 0 heterocycles. The van der Waals surface area contributed by atoms with Crippen LogP contribution in [-0.2, 0) is 0 Å². The molecule has 3 heteroatoms. The molecule has 1 N–H and O–H groups in total. The van der Waals surface area contributed by atoms with Crippen molar-refractivity contribution in [2.24, 2.45) is 5.92 Å². The molecule has 2 rings (SSSR count). The van der Waals surface area contributed by atoms with Crippen molar-refractivity contribution in [3.05, 3.63) is 29.6 Å². The van der Waals surface area contributed by atoms with Crippen molar-refractivity contribution in [3.8, 4) is 6.07 Å². The highest BCUT2D eigenvalue weighted by molar-refractivity contribution is 5.58. The van der Waals surface area contributed by atoms with E-state index in [9.17, 15) is 4.39 Å². The monoisotopic (exact) mass is 246 g/mol. The molecule has 18 heavy (non-hydrogen) atoms. The molecule has 0 spiro atoms. The van der Waals surface area contributed by atoms with E-state index in [-0.39, 0.29) is 5.56 Å². The molecule has 0 amide bonds. The fraction of sp³-hybridized carbons (Fsp3) is 0.533. The van der Waals surface area contributed by atoms with Gasteiger partial charge in [0.05, 0.1) is 5.69 Å². The average Bonchev–Trinajstić information content (AvgIpc) is 2.40. The minimum Gasteiger partial charge on any atom is -0.381 e. The number of nitrogens with one attached hydrogen (secondary N) is 1. The molecule has 1 aromatic rings. The summed E-state index contributed by atoms with van der Waals surface area (Å²) in [6.07, 6.45) is 5.97. The molecule has 1 aliphatic rings. The Morgan fingerprint density at radius 3 is 2.89 bits per heavy atom. The molecule has 0 bridgehead atoms. The van der Waals surface area contributed by atoms with E-state index < -0.39 is 5.82 Å². The van der Waals surface area contributed by atoms with Gasteiger partial charge in [0, 0.05) is 6.04 Å². The molecule has 2 nitrogen and oxygen atoms in total. The van der Waals surface area contributed by atoms with Gasteiger partial charge >= 0.3 is 0 Å². The number of anilines is 1. The maximum atomic E-state index is 13.5. The number of nitrogens with zero attached hydrogens (tertiary/aromatic N) is 1. The van der Waals surface area contributed by atoms with Crippen LogP contribution in [0.2, 0.25) is 0 Å². The van der Waals surface area contributed by atoms with Gasteiger partial charge in [0.15, 0.2) is 0 Å². The Morgan fingerprint density at radius 1 is 1.39 bits per heavy atom. The zero-order chi connectivity index (χ0) is 13.0. The molecule has 1 aromatic carbocycles. The Hall–Kier alpha value is -1.56. The third-order valence-corrected chi connectivity index (χ3v) is 3.90. The lowest BCUT2D eigenvalue weighted by molar-refractivity contribution is 0.317. The van der Waals surface area contributed by atoms with Crippen molar-refractivity contribution in [3.63, 3.8) is 0 Å². The second-order valence-corrected chi connectivity index (χ2v) is 4.98. The standard InChI is InChI=1S/C15H19FN2/c1-2-11-6-3-4-8-14(11)18-15-9-5-7-13(16)12(15)10-17/h5,7,9,11,14,18H,2-4,6,8H2,1H3. The van der Waals surface area contributed by atoms with Crippen molar-refractivity contribution in [1.82, 2.24) is 0 Å². The molecule has 1 aliphatic carbocycles. The SMILES string of the molecule is CCC1CCCCC1Nc1cccc(F)c1C#N. The number of hydrogen-bond acceptors (Lipinski definition) is 2. The molecule has 0 radical (unpaired) electrons. The first-order valence-corrected chi connectivity index (χ1v) is 6.71. The van der Waals surface area contributed by atoms with Gasteiger partial charge in [0.1, 0.15) is 17.4 Å². The molecule has 0 aromatic heterocycles. The number of halogens is 1. The minimum atomic E-state index is -0.439. The second kappa shape index (κ2) is 5.86.